The van der Waals surface area contributed by atoms with Gasteiger partial charge in [-0.3, -0.25) is 14.8 Å². The Morgan fingerprint density at radius 2 is 1.86 bits per heavy atom. The topological polar surface area (TPSA) is 77.5 Å². The first-order valence-electron chi connectivity index (χ1n) is 11.0. The minimum Gasteiger partial charge on any atom is -0.384 e. The number of aryl methyl sites for hydroxylation is 1. The number of rotatable bonds is 9. The lowest BCUT2D eigenvalue weighted by atomic mass is 10.0. The molecule has 1 aromatic heterocycles. The summed E-state index contributed by atoms with van der Waals surface area (Å²) >= 11 is 0. The molecule has 0 bridgehead atoms. The molecule has 1 amide bonds. The molecular weight excluding hydrogens is 457 g/mol. The van der Waals surface area contributed by atoms with Gasteiger partial charge in [-0.05, 0) is 54.0 Å². The average Bonchev–Trinajstić information content (AvgIpc) is 2.86. The summed E-state index contributed by atoms with van der Waals surface area (Å²) in [5, 5.41) is 14.6. The Morgan fingerprint density at radius 3 is 2.51 bits per heavy atom. The van der Waals surface area contributed by atoms with Crippen molar-refractivity contribution in [3.63, 3.8) is 0 Å². The first-order chi connectivity index (χ1) is 16.7. The number of carbonyl (C=O) groups excluding carboxylic acids is 1. The predicted molar refractivity (Wildman–Crippen MR) is 129 cm³/mol. The normalized spacial score (nSPS) is 12.8. The van der Waals surface area contributed by atoms with E-state index in [9.17, 15) is 23.1 Å². The van der Waals surface area contributed by atoms with Crippen LogP contribution in [0, 0.1) is 0 Å². The monoisotopic (exact) mass is 484 g/mol. The number of hydrazine groups is 1. The number of aliphatic hydroxyl groups excluding tert-OH is 1. The van der Waals surface area contributed by atoms with Crippen molar-refractivity contribution in [2.45, 2.75) is 32.0 Å². The number of halogens is 3. The Balaban J connectivity index is 1.91. The molecular formula is C26H27F3N4O2. The largest absolute Gasteiger partial charge is 0.392 e. The van der Waals surface area contributed by atoms with Crippen LogP contribution in [0.25, 0.3) is 0 Å². The molecule has 3 rings (SSSR count). The van der Waals surface area contributed by atoms with Crippen molar-refractivity contribution in [1.82, 2.24) is 10.4 Å². The Hall–Kier alpha value is -3.69. The van der Waals surface area contributed by atoms with E-state index in [1.54, 1.807) is 60.8 Å². The van der Waals surface area contributed by atoms with Gasteiger partial charge in [0.05, 0.1) is 12.1 Å². The second-order valence-corrected chi connectivity index (χ2v) is 7.76. The molecule has 0 aliphatic heterocycles. The predicted octanol–water partition coefficient (Wildman–Crippen LogP) is 5.14. The molecule has 0 saturated heterocycles. The van der Waals surface area contributed by atoms with Crippen LogP contribution in [0.2, 0.25) is 0 Å². The van der Waals surface area contributed by atoms with Gasteiger partial charge in [0.25, 0.3) is 5.91 Å². The fourth-order valence-electron chi connectivity index (χ4n) is 3.51. The summed E-state index contributed by atoms with van der Waals surface area (Å²) in [4.78, 5) is 17.2. The Morgan fingerprint density at radius 1 is 1.11 bits per heavy atom. The number of pyridine rings is 1. The maximum absolute atomic E-state index is 13.2. The van der Waals surface area contributed by atoms with Crippen molar-refractivity contribution in [3.8, 4) is 0 Å². The lowest BCUT2D eigenvalue weighted by Gasteiger charge is -2.26. The smallest absolute Gasteiger partial charge is 0.384 e. The third kappa shape index (κ3) is 7.14. The fraction of sp³-hybridized carbons (Fsp3) is 0.231. The zero-order chi connectivity index (χ0) is 25.4. The SMILES string of the molecule is CCc1cccc(N(NC)/C(=C\CC(F)(F)F)C(=O)Nc2cccc(C(O)c3cccnc3)c2)c1. The number of amides is 1. The molecule has 0 saturated carbocycles. The number of alkyl halides is 3. The highest BCUT2D eigenvalue weighted by molar-refractivity contribution is 6.06. The molecule has 3 aromatic rings. The maximum atomic E-state index is 13.2. The van der Waals surface area contributed by atoms with Crippen LogP contribution in [0.3, 0.4) is 0 Å². The van der Waals surface area contributed by atoms with Crippen molar-refractivity contribution >= 4 is 17.3 Å². The van der Waals surface area contributed by atoms with Gasteiger partial charge in [-0.2, -0.15) is 13.2 Å². The highest BCUT2D eigenvalue weighted by Crippen LogP contribution is 2.27. The molecule has 35 heavy (non-hydrogen) atoms. The number of anilines is 2. The third-order valence-electron chi connectivity index (χ3n) is 5.26. The van der Waals surface area contributed by atoms with Crippen LogP contribution in [0.5, 0.6) is 0 Å². The van der Waals surface area contributed by atoms with Gasteiger partial charge in [0.2, 0.25) is 0 Å². The third-order valence-corrected chi connectivity index (χ3v) is 5.26. The minimum atomic E-state index is -4.48. The van der Waals surface area contributed by atoms with Crippen molar-refractivity contribution in [1.29, 1.82) is 0 Å². The first-order valence-corrected chi connectivity index (χ1v) is 11.0. The number of nitrogens with one attached hydrogen (secondary N) is 2. The van der Waals surface area contributed by atoms with Gasteiger partial charge in [-0.1, -0.05) is 37.3 Å². The highest BCUT2D eigenvalue weighted by Gasteiger charge is 2.28. The Bertz CT molecular complexity index is 1170. The number of aliphatic hydroxyl groups is 1. The molecule has 0 spiro atoms. The zero-order valence-corrected chi connectivity index (χ0v) is 19.4. The molecule has 1 atom stereocenters. The average molecular weight is 485 g/mol. The zero-order valence-electron chi connectivity index (χ0n) is 19.4. The molecule has 9 heteroatoms. The Kier molecular flexibility index (Phi) is 8.62. The molecule has 6 nitrogen and oxygen atoms in total. The van der Waals surface area contributed by atoms with Gasteiger partial charge in [0, 0.05) is 30.7 Å². The maximum Gasteiger partial charge on any atom is 0.392 e. The van der Waals surface area contributed by atoms with E-state index in [2.05, 4.69) is 15.7 Å². The number of nitrogens with zero attached hydrogens (tertiary/aromatic N) is 2. The van der Waals surface area contributed by atoms with Gasteiger partial charge in [-0.25, -0.2) is 5.43 Å². The molecule has 2 aromatic carbocycles. The van der Waals surface area contributed by atoms with Crippen LogP contribution in [-0.4, -0.2) is 29.2 Å². The van der Waals surface area contributed by atoms with Crippen molar-refractivity contribution in [2.24, 2.45) is 0 Å². The summed E-state index contributed by atoms with van der Waals surface area (Å²) < 4.78 is 39.1. The van der Waals surface area contributed by atoms with Crippen LogP contribution in [0.1, 0.15) is 36.1 Å². The standard InChI is InChI=1S/C26H27F3N4O2/c1-3-18-7-4-11-22(15-18)33(30-2)23(12-13-26(27,28)29)25(35)32-21-10-5-8-19(16-21)24(34)20-9-6-14-31-17-20/h4-12,14-17,24,30,34H,3,13H2,1-2H3,(H,32,35)/b23-12-. The van der Waals surface area contributed by atoms with Gasteiger partial charge >= 0.3 is 6.18 Å². The summed E-state index contributed by atoms with van der Waals surface area (Å²) in [6.45, 7) is 1.96. The van der Waals surface area contributed by atoms with Crippen molar-refractivity contribution in [2.75, 3.05) is 17.4 Å². The summed E-state index contributed by atoms with van der Waals surface area (Å²) in [5.74, 6) is -0.737. The summed E-state index contributed by atoms with van der Waals surface area (Å²) in [5.41, 5.74) is 5.49. The van der Waals surface area contributed by atoms with Gasteiger partial charge in [0.1, 0.15) is 11.8 Å². The molecule has 184 valence electrons. The lowest BCUT2D eigenvalue weighted by Crippen LogP contribution is -2.39. The first kappa shape index (κ1) is 25.9. The van der Waals surface area contributed by atoms with Gasteiger partial charge in [-0.15, -0.1) is 0 Å². The molecule has 0 aliphatic rings. The van der Waals surface area contributed by atoms with Crippen LogP contribution in [0.4, 0.5) is 24.5 Å². The lowest BCUT2D eigenvalue weighted by molar-refractivity contribution is -0.125. The van der Waals surface area contributed by atoms with E-state index in [-0.39, 0.29) is 5.70 Å². The molecule has 0 fully saturated rings. The summed E-state index contributed by atoms with van der Waals surface area (Å²) in [6.07, 6.45) is -2.05. The van der Waals surface area contributed by atoms with E-state index in [1.807, 2.05) is 13.0 Å². The van der Waals surface area contributed by atoms with Crippen molar-refractivity contribution < 1.29 is 23.1 Å². The molecule has 1 heterocycles. The van der Waals surface area contributed by atoms with Gasteiger partial charge in [0.15, 0.2) is 0 Å². The van der Waals surface area contributed by atoms with E-state index in [0.717, 1.165) is 18.1 Å². The van der Waals surface area contributed by atoms with Crippen LogP contribution in [-0.2, 0) is 11.2 Å². The molecule has 0 aliphatic carbocycles. The van der Waals surface area contributed by atoms with E-state index < -0.39 is 24.6 Å². The highest BCUT2D eigenvalue weighted by atomic mass is 19.4. The summed E-state index contributed by atoms with van der Waals surface area (Å²) in [6, 6.07) is 17.1. The number of aromatic nitrogens is 1. The molecule has 0 radical (unpaired) electrons. The second kappa shape index (κ2) is 11.6. The van der Waals surface area contributed by atoms with Crippen molar-refractivity contribution in [3.05, 3.63) is 102 Å². The fourth-order valence-corrected chi connectivity index (χ4v) is 3.51. The molecule has 1 unspecified atom stereocenters. The van der Waals surface area contributed by atoms with E-state index in [1.165, 1.54) is 18.3 Å². The number of hydrogen-bond donors (Lipinski definition) is 3. The van der Waals surface area contributed by atoms with E-state index in [4.69, 9.17) is 0 Å². The number of hydrogen-bond acceptors (Lipinski definition) is 5. The number of allylic oxidation sites excluding steroid dienone is 1. The number of benzene rings is 2. The minimum absolute atomic E-state index is 0.212. The van der Waals surface area contributed by atoms with E-state index in [0.29, 0.717) is 22.5 Å². The Labute approximate surface area is 202 Å². The number of carbonyl (C=O) groups is 1. The van der Waals surface area contributed by atoms with Crippen LogP contribution < -0.4 is 15.8 Å². The summed E-state index contributed by atoms with van der Waals surface area (Å²) in [7, 11) is 1.53. The van der Waals surface area contributed by atoms with Crippen LogP contribution in [0.15, 0.2) is 84.8 Å². The van der Waals surface area contributed by atoms with Gasteiger partial charge < -0.3 is 10.4 Å². The quantitative estimate of drug-likeness (QED) is 0.290. The van der Waals surface area contributed by atoms with Crippen LogP contribution >= 0.6 is 0 Å². The molecule has 3 N–H and O–H groups in total. The second-order valence-electron chi connectivity index (χ2n) is 7.76. The van der Waals surface area contributed by atoms with E-state index >= 15 is 0 Å².